The zero-order chi connectivity index (χ0) is 13.9. The number of hydrogen-bond acceptors (Lipinski definition) is 3. The molecule has 0 spiro atoms. The van der Waals surface area contributed by atoms with E-state index in [2.05, 4.69) is 5.10 Å². The Morgan fingerprint density at radius 2 is 2.06 bits per heavy atom. The molecule has 8 heteroatoms. The quantitative estimate of drug-likeness (QED) is 0.465. The van der Waals surface area contributed by atoms with Gasteiger partial charge in [-0.3, -0.25) is 0 Å². The molecule has 0 aliphatic rings. The molecule has 0 atom stereocenters. The van der Waals surface area contributed by atoms with E-state index < -0.39 is 11.7 Å². The molecule has 1 aromatic rings. The molecule has 0 saturated heterocycles. The highest BCUT2D eigenvalue weighted by molar-refractivity contribution is 6.36. The van der Waals surface area contributed by atoms with Crippen LogP contribution >= 0.6 is 23.4 Å². The van der Waals surface area contributed by atoms with E-state index >= 15 is 0 Å². The second-order valence-corrected chi connectivity index (χ2v) is 3.95. The molecule has 0 unspecified atom stereocenters. The number of nitriles is 1. The Kier molecular flexibility index (Phi) is 4.43. The van der Waals surface area contributed by atoms with E-state index in [1.54, 1.807) is 6.07 Å². The monoisotopic (exact) mass is 295 g/mol. The topological polar surface area (TPSA) is 39.4 Å². The van der Waals surface area contributed by atoms with E-state index in [0.717, 1.165) is 22.7 Å². The van der Waals surface area contributed by atoms with Gasteiger partial charge in [0.15, 0.2) is 0 Å². The van der Waals surface area contributed by atoms with Crippen molar-refractivity contribution in [2.24, 2.45) is 5.10 Å². The molecule has 18 heavy (non-hydrogen) atoms. The molecule has 1 rings (SSSR count). The van der Waals surface area contributed by atoms with Crippen LogP contribution in [0, 0.1) is 11.3 Å². The first-order valence-electron chi connectivity index (χ1n) is 4.53. The summed E-state index contributed by atoms with van der Waals surface area (Å²) in [5, 5.41) is 11.9. The molecule has 0 aromatic heterocycles. The van der Waals surface area contributed by atoms with Crippen molar-refractivity contribution in [1.29, 1.82) is 5.26 Å². The average molecular weight is 296 g/mol. The number of hydrazone groups is 1. The van der Waals surface area contributed by atoms with Crippen molar-refractivity contribution in [3.63, 3.8) is 0 Å². The molecular formula is C10H6Cl2F3N3. The molecule has 0 heterocycles. The van der Waals surface area contributed by atoms with Crippen LogP contribution in [0.4, 0.5) is 18.9 Å². The predicted molar refractivity (Wildman–Crippen MR) is 63.5 cm³/mol. The lowest BCUT2D eigenvalue weighted by atomic mass is 10.2. The zero-order valence-corrected chi connectivity index (χ0v) is 10.5. The first-order valence-corrected chi connectivity index (χ1v) is 5.25. The van der Waals surface area contributed by atoms with Crippen LogP contribution in [-0.4, -0.2) is 5.71 Å². The van der Waals surface area contributed by atoms with Gasteiger partial charge < -0.3 is 0 Å². The van der Waals surface area contributed by atoms with Crippen molar-refractivity contribution >= 4 is 34.8 Å². The lowest BCUT2D eigenvalue weighted by molar-refractivity contribution is -0.137. The Labute approximate surface area is 111 Å². The summed E-state index contributed by atoms with van der Waals surface area (Å²) in [4.78, 5) is 0. The van der Waals surface area contributed by atoms with Crippen LogP contribution in [-0.2, 0) is 6.18 Å². The fourth-order valence-electron chi connectivity index (χ4n) is 1.04. The van der Waals surface area contributed by atoms with Gasteiger partial charge in [-0.2, -0.15) is 28.1 Å². The van der Waals surface area contributed by atoms with Gasteiger partial charge in [-0.25, -0.2) is 0 Å². The molecule has 0 amide bonds. The summed E-state index contributed by atoms with van der Waals surface area (Å²) < 4.78 is 37.9. The molecule has 1 aromatic carbocycles. The van der Waals surface area contributed by atoms with Crippen LogP contribution in [0.5, 0.6) is 0 Å². The second kappa shape index (κ2) is 5.46. The molecule has 0 fully saturated rings. The van der Waals surface area contributed by atoms with Crippen molar-refractivity contribution in [1.82, 2.24) is 0 Å². The van der Waals surface area contributed by atoms with Gasteiger partial charge in [0, 0.05) is 11.8 Å². The van der Waals surface area contributed by atoms with Gasteiger partial charge >= 0.3 is 6.18 Å². The summed E-state index contributed by atoms with van der Waals surface area (Å²) in [6.07, 6.45) is -4.48. The third-order valence-corrected chi connectivity index (χ3v) is 2.43. The second-order valence-electron chi connectivity index (χ2n) is 3.22. The molecule has 96 valence electrons. The normalized spacial score (nSPS) is 12.2. The van der Waals surface area contributed by atoms with Gasteiger partial charge in [0.05, 0.1) is 16.3 Å². The summed E-state index contributed by atoms with van der Waals surface area (Å²) in [6, 6.07) is 4.36. The Balaban J connectivity index is 3.11. The number of anilines is 1. The first-order chi connectivity index (χ1) is 8.25. The predicted octanol–water partition coefficient (Wildman–Crippen LogP) is 4.22. The van der Waals surface area contributed by atoms with Crippen LogP contribution in [0.2, 0.25) is 5.02 Å². The van der Waals surface area contributed by atoms with Gasteiger partial charge in [0.1, 0.15) is 11.8 Å². The Hall–Kier alpha value is -1.45. The van der Waals surface area contributed by atoms with Gasteiger partial charge in [0.2, 0.25) is 0 Å². The maximum Gasteiger partial charge on any atom is 0.416 e. The van der Waals surface area contributed by atoms with Crippen molar-refractivity contribution < 1.29 is 13.2 Å². The van der Waals surface area contributed by atoms with Crippen molar-refractivity contribution in [3.05, 3.63) is 28.8 Å². The summed E-state index contributed by atoms with van der Waals surface area (Å²) in [6.45, 7) is 1.40. The lowest BCUT2D eigenvalue weighted by Crippen LogP contribution is -2.08. The molecule has 0 saturated carbocycles. The smallest absolute Gasteiger partial charge is 0.191 e. The summed E-state index contributed by atoms with van der Waals surface area (Å²) in [5.74, 6) is 0. The van der Waals surface area contributed by atoms with Crippen LogP contribution in [0.15, 0.2) is 23.3 Å². The van der Waals surface area contributed by atoms with Gasteiger partial charge in [-0.15, -0.1) is 0 Å². The average Bonchev–Trinajstić information content (AvgIpc) is 2.27. The van der Waals surface area contributed by atoms with Crippen molar-refractivity contribution in [3.8, 4) is 6.07 Å². The minimum Gasteiger partial charge on any atom is -0.191 e. The summed E-state index contributed by atoms with van der Waals surface area (Å²) in [7, 11) is 0. The number of hydrogen-bond donors (Lipinski definition) is 0. The van der Waals surface area contributed by atoms with Crippen molar-refractivity contribution in [2.75, 3.05) is 4.53 Å². The number of nitrogens with zero attached hydrogens (tertiary/aromatic N) is 3. The highest BCUT2D eigenvalue weighted by Crippen LogP contribution is 2.35. The minimum absolute atomic E-state index is 0.0426. The Morgan fingerprint density at radius 1 is 1.44 bits per heavy atom. The molecule has 0 radical (unpaired) electrons. The molecule has 0 bridgehead atoms. The zero-order valence-electron chi connectivity index (χ0n) is 8.96. The fraction of sp³-hybridized carbons (Fsp3) is 0.200. The largest absolute Gasteiger partial charge is 0.416 e. The van der Waals surface area contributed by atoms with Crippen LogP contribution in [0.1, 0.15) is 12.5 Å². The molecule has 0 aliphatic carbocycles. The standard InChI is InChI=1S/C10H6Cl2F3N3/c1-6(5-16)17-18(12)9-3-2-7(4-8(9)11)10(13,14)15/h2-4H,1H3. The van der Waals surface area contributed by atoms with Gasteiger partial charge in [-0.1, -0.05) is 11.6 Å². The first kappa shape index (κ1) is 14.6. The van der Waals surface area contributed by atoms with E-state index in [9.17, 15) is 13.2 Å². The maximum atomic E-state index is 12.4. The van der Waals surface area contributed by atoms with Crippen LogP contribution < -0.4 is 4.53 Å². The maximum absolute atomic E-state index is 12.4. The lowest BCUT2D eigenvalue weighted by Gasteiger charge is -2.13. The number of halogens is 5. The molecule has 3 nitrogen and oxygen atoms in total. The minimum atomic E-state index is -4.48. The van der Waals surface area contributed by atoms with E-state index in [1.165, 1.54) is 6.92 Å². The number of benzene rings is 1. The number of alkyl halides is 3. The van der Waals surface area contributed by atoms with Crippen LogP contribution in [0.25, 0.3) is 0 Å². The molecule has 0 N–H and O–H groups in total. The summed E-state index contributed by atoms with van der Waals surface area (Å²) in [5.41, 5.74) is -0.788. The van der Waals surface area contributed by atoms with E-state index in [-0.39, 0.29) is 16.4 Å². The van der Waals surface area contributed by atoms with Gasteiger partial charge in [0.25, 0.3) is 0 Å². The Bertz CT molecular complexity index is 520. The van der Waals surface area contributed by atoms with E-state index in [0.29, 0.717) is 0 Å². The van der Waals surface area contributed by atoms with Crippen LogP contribution in [0.3, 0.4) is 0 Å². The molecule has 0 aliphatic heterocycles. The third kappa shape index (κ3) is 3.52. The number of rotatable bonds is 2. The highest BCUT2D eigenvalue weighted by atomic mass is 35.5. The van der Waals surface area contributed by atoms with Crippen molar-refractivity contribution in [2.45, 2.75) is 13.1 Å². The van der Waals surface area contributed by atoms with E-state index in [1.807, 2.05) is 0 Å². The van der Waals surface area contributed by atoms with E-state index in [4.69, 9.17) is 28.6 Å². The van der Waals surface area contributed by atoms with Gasteiger partial charge in [-0.05, 0) is 25.1 Å². The Morgan fingerprint density at radius 3 is 2.50 bits per heavy atom. The SMILES string of the molecule is CC(C#N)=NN(Cl)c1ccc(C(F)(F)F)cc1Cl. The fourth-order valence-corrected chi connectivity index (χ4v) is 1.61. The highest BCUT2D eigenvalue weighted by Gasteiger charge is 2.31. The summed E-state index contributed by atoms with van der Waals surface area (Å²) >= 11 is 11.4. The third-order valence-electron chi connectivity index (χ3n) is 1.87. The molecular weight excluding hydrogens is 290 g/mol.